The van der Waals surface area contributed by atoms with E-state index in [0.29, 0.717) is 5.66 Å². The minimum absolute atomic E-state index is 0.0471. The van der Waals surface area contributed by atoms with Crippen LogP contribution in [0.2, 0.25) is 0 Å². The van der Waals surface area contributed by atoms with Gasteiger partial charge in [-0.25, -0.2) is 0 Å². The van der Waals surface area contributed by atoms with Crippen LogP contribution in [0.25, 0.3) is 0 Å². The molecule has 1 aliphatic heterocycles. The predicted octanol–water partition coefficient (Wildman–Crippen LogP) is 3.44. The van der Waals surface area contributed by atoms with Crippen LogP contribution < -0.4 is 0 Å². The number of hydrogen-bond acceptors (Lipinski definition) is 0. The third kappa shape index (κ3) is 1.86. The number of rotatable bonds is 5. The van der Waals surface area contributed by atoms with E-state index in [-0.39, 0.29) is 12.6 Å². The SMILES string of the molecule is C=C[PH]1(CC)CC1C(=C)C(C)CF. The molecule has 2 unspecified atom stereocenters. The van der Waals surface area contributed by atoms with Crippen molar-refractivity contribution in [1.82, 2.24) is 0 Å². The van der Waals surface area contributed by atoms with Gasteiger partial charge in [0.1, 0.15) is 0 Å². The molecule has 76 valence electrons. The fourth-order valence-corrected chi connectivity index (χ4v) is 6.26. The Balaban J connectivity index is 2.59. The van der Waals surface area contributed by atoms with Crippen LogP contribution in [0.5, 0.6) is 0 Å². The molecule has 2 atom stereocenters. The van der Waals surface area contributed by atoms with E-state index >= 15 is 0 Å². The summed E-state index contributed by atoms with van der Waals surface area (Å²) >= 11 is 0. The van der Waals surface area contributed by atoms with Crippen LogP contribution in [0.1, 0.15) is 13.8 Å². The molecule has 1 heterocycles. The molecule has 1 saturated heterocycles. The third-order valence-corrected chi connectivity index (χ3v) is 8.23. The summed E-state index contributed by atoms with van der Waals surface area (Å²) in [7, 11) is -1.18. The Hall–Kier alpha value is -0.160. The van der Waals surface area contributed by atoms with Gasteiger partial charge in [-0.1, -0.05) is 0 Å². The molecule has 0 nitrogen and oxygen atoms in total. The fraction of sp³-hybridized carbons (Fsp3) is 0.636. The number of allylic oxidation sites excluding steroid dienone is 1. The molecular weight excluding hydrogens is 182 g/mol. The summed E-state index contributed by atoms with van der Waals surface area (Å²) in [4.78, 5) is 0. The molecule has 1 aliphatic rings. The van der Waals surface area contributed by atoms with Gasteiger partial charge in [0.15, 0.2) is 0 Å². The van der Waals surface area contributed by atoms with Crippen molar-refractivity contribution in [3.63, 3.8) is 0 Å². The van der Waals surface area contributed by atoms with E-state index in [1.807, 2.05) is 6.92 Å². The quantitative estimate of drug-likeness (QED) is 0.473. The van der Waals surface area contributed by atoms with Gasteiger partial charge in [-0.3, -0.25) is 0 Å². The van der Waals surface area contributed by atoms with E-state index in [0.717, 1.165) is 5.57 Å². The summed E-state index contributed by atoms with van der Waals surface area (Å²) in [5.41, 5.74) is 1.76. The zero-order chi connectivity index (χ0) is 10.1. The van der Waals surface area contributed by atoms with E-state index in [1.54, 1.807) is 0 Å². The van der Waals surface area contributed by atoms with E-state index in [2.05, 4.69) is 25.9 Å². The maximum absolute atomic E-state index is 12.4. The molecule has 0 aromatic heterocycles. The van der Waals surface area contributed by atoms with Crippen molar-refractivity contribution in [2.24, 2.45) is 5.92 Å². The standard InChI is InChI=1S/C11H20FP/c1-5-13(6-2)8-11(13)10(4)9(3)7-12/h5,9,11,13H,1,4,6-8H2,2-3H3. The van der Waals surface area contributed by atoms with Crippen LogP contribution in [0, 0.1) is 5.92 Å². The Bertz CT molecular complexity index is 224. The molecule has 1 rings (SSSR count). The van der Waals surface area contributed by atoms with Crippen LogP contribution in [0.3, 0.4) is 0 Å². The average molecular weight is 202 g/mol. The summed E-state index contributed by atoms with van der Waals surface area (Å²) < 4.78 is 12.4. The zero-order valence-corrected chi connectivity index (χ0v) is 9.65. The Morgan fingerprint density at radius 2 is 2.38 bits per heavy atom. The minimum atomic E-state index is -1.18. The molecule has 2 heteroatoms. The van der Waals surface area contributed by atoms with Crippen LogP contribution in [0.4, 0.5) is 4.39 Å². The van der Waals surface area contributed by atoms with Crippen molar-refractivity contribution >= 4 is 7.26 Å². The van der Waals surface area contributed by atoms with Gasteiger partial charge >= 0.3 is 80.6 Å². The third-order valence-electron chi connectivity index (χ3n) is 3.49. The second-order valence-corrected chi connectivity index (χ2v) is 8.86. The number of hydrogen-bond donors (Lipinski definition) is 0. The van der Waals surface area contributed by atoms with E-state index in [9.17, 15) is 4.39 Å². The molecular formula is C11H20FP. The molecule has 13 heavy (non-hydrogen) atoms. The fourth-order valence-electron chi connectivity index (χ4n) is 2.02. The van der Waals surface area contributed by atoms with Crippen molar-refractivity contribution in [1.29, 1.82) is 0 Å². The van der Waals surface area contributed by atoms with E-state index < -0.39 is 7.26 Å². The summed E-state index contributed by atoms with van der Waals surface area (Å²) in [5.74, 6) is 2.21. The van der Waals surface area contributed by atoms with Gasteiger partial charge in [0.25, 0.3) is 0 Å². The molecule has 0 aliphatic carbocycles. The summed E-state index contributed by atoms with van der Waals surface area (Å²) in [6.45, 7) is 11.8. The summed E-state index contributed by atoms with van der Waals surface area (Å²) in [6, 6.07) is 0. The first-order valence-corrected chi connectivity index (χ1v) is 7.56. The summed E-state index contributed by atoms with van der Waals surface area (Å²) in [6.07, 6.45) is 2.50. The summed E-state index contributed by atoms with van der Waals surface area (Å²) in [5, 5.41) is 0. The Morgan fingerprint density at radius 1 is 1.77 bits per heavy atom. The molecule has 0 saturated carbocycles. The first-order chi connectivity index (χ1) is 6.11. The molecule has 0 bridgehead atoms. The van der Waals surface area contributed by atoms with Gasteiger partial charge in [0, 0.05) is 0 Å². The normalized spacial score (nSPS) is 29.0. The van der Waals surface area contributed by atoms with Gasteiger partial charge < -0.3 is 0 Å². The zero-order valence-electron chi connectivity index (χ0n) is 8.65. The van der Waals surface area contributed by atoms with Crippen molar-refractivity contribution in [3.8, 4) is 0 Å². The number of alkyl halides is 1. The molecule has 0 aromatic rings. The molecule has 1 fully saturated rings. The van der Waals surface area contributed by atoms with Gasteiger partial charge in [0.2, 0.25) is 0 Å². The molecule has 0 N–H and O–H groups in total. The first-order valence-electron chi connectivity index (χ1n) is 4.99. The molecule has 0 radical (unpaired) electrons. The van der Waals surface area contributed by atoms with Crippen molar-refractivity contribution in [3.05, 3.63) is 24.5 Å². The van der Waals surface area contributed by atoms with Crippen LogP contribution in [-0.2, 0) is 0 Å². The average Bonchev–Trinajstić information content (AvgIpc) is 2.91. The van der Waals surface area contributed by atoms with Crippen LogP contribution in [0.15, 0.2) is 24.5 Å². The van der Waals surface area contributed by atoms with Crippen LogP contribution in [-0.4, -0.2) is 24.7 Å². The monoisotopic (exact) mass is 202 g/mol. The second kappa shape index (κ2) is 3.92. The maximum atomic E-state index is 12.4. The Labute approximate surface area is 81.3 Å². The number of halogens is 1. The molecule has 0 spiro atoms. The van der Waals surface area contributed by atoms with E-state index in [4.69, 9.17) is 0 Å². The van der Waals surface area contributed by atoms with Crippen LogP contribution >= 0.6 is 7.26 Å². The van der Waals surface area contributed by atoms with E-state index in [1.165, 1.54) is 12.3 Å². The van der Waals surface area contributed by atoms with Gasteiger partial charge in [0.05, 0.1) is 0 Å². The molecule has 0 amide bonds. The van der Waals surface area contributed by atoms with Crippen molar-refractivity contribution < 1.29 is 4.39 Å². The van der Waals surface area contributed by atoms with Gasteiger partial charge in [-0.15, -0.1) is 0 Å². The Morgan fingerprint density at radius 3 is 2.69 bits per heavy atom. The van der Waals surface area contributed by atoms with Crippen molar-refractivity contribution in [2.45, 2.75) is 19.5 Å². The van der Waals surface area contributed by atoms with Crippen molar-refractivity contribution in [2.75, 3.05) is 19.0 Å². The topological polar surface area (TPSA) is 0 Å². The van der Waals surface area contributed by atoms with Gasteiger partial charge in [-0.2, -0.15) is 0 Å². The van der Waals surface area contributed by atoms with Gasteiger partial charge in [-0.05, 0) is 0 Å². The second-order valence-electron chi connectivity index (χ2n) is 4.18. The predicted molar refractivity (Wildman–Crippen MR) is 62.0 cm³/mol. The molecule has 0 aromatic carbocycles. The first kappa shape index (κ1) is 10.9. The Kier molecular flexibility index (Phi) is 3.29.